The molecule has 1 aliphatic rings. The van der Waals surface area contributed by atoms with Gasteiger partial charge in [0.05, 0.1) is 7.11 Å². The first-order valence-electron chi connectivity index (χ1n) is 6.76. The number of hydrogen-bond acceptors (Lipinski definition) is 4. The Morgan fingerprint density at radius 3 is 2.59 bits per heavy atom. The van der Waals surface area contributed by atoms with E-state index in [0.717, 1.165) is 5.56 Å². The molecule has 0 radical (unpaired) electrons. The largest absolute Gasteiger partial charge is 0.504 e. The van der Waals surface area contributed by atoms with Crippen molar-refractivity contribution in [3.8, 4) is 5.75 Å². The van der Waals surface area contributed by atoms with Crippen molar-refractivity contribution in [1.29, 1.82) is 0 Å². The number of esters is 1. The van der Waals surface area contributed by atoms with E-state index < -0.39 is 5.97 Å². The molecule has 2 aromatic carbocycles. The minimum atomic E-state index is -0.576. The van der Waals surface area contributed by atoms with Crippen LogP contribution in [0.5, 0.6) is 5.75 Å². The molecule has 1 N–H and O–H groups in total. The number of hydrogen-bond donors (Lipinski definition) is 1. The van der Waals surface area contributed by atoms with E-state index in [4.69, 9.17) is 9.47 Å². The smallest absolute Gasteiger partial charge is 0.348 e. The summed E-state index contributed by atoms with van der Waals surface area (Å²) in [5.41, 5.74) is 1.53. The summed E-state index contributed by atoms with van der Waals surface area (Å²) < 4.78 is 10.3. The molecule has 0 atom stereocenters. The second kappa shape index (κ2) is 5.77. The van der Waals surface area contributed by atoms with Crippen molar-refractivity contribution >= 4 is 17.6 Å². The summed E-state index contributed by atoms with van der Waals surface area (Å²) in [5.74, 6) is 0.00940. The number of cyclic esters (lactones) is 1. The third kappa shape index (κ3) is 2.59. The molecule has 4 nitrogen and oxygen atoms in total. The van der Waals surface area contributed by atoms with Gasteiger partial charge in [0.15, 0.2) is 11.5 Å². The van der Waals surface area contributed by atoms with Gasteiger partial charge < -0.3 is 14.6 Å². The first-order valence-corrected chi connectivity index (χ1v) is 6.76. The Bertz CT molecular complexity index is 773. The third-order valence-electron chi connectivity index (χ3n) is 3.33. The molecule has 2 aromatic rings. The summed E-state index contributed by atoms with van der Waals surface area (Å²) in [7, 11) is 1.54. The van der Waals surface area contributed by atoms with Crippen LogP contribution in [0.2, 0.25) is 0 Å². The average molecular weight is 294 g/mol. The number of carbonyl (C=O) groups is 1. The van der Waals surface area contributed by atoms with Gasteiger partial charge in [-0.1, -0.05) is 42.5 Å². The lowest BCUT2D eigenvalue weighted by Crippen LogP contribution is -1.98. The highest BCUT2D eigenvalue weighted by Crippen LogP contribution is 2.33. The number of rotatable bonds is 3. The van der Waals surface area contributed by atoms with Crippen LogP contribution in [0.3, 0.4) is 0 Å². The second-order valence-corrected chi connectivity index (χ2v) is 4.76. The zero-order chi connectivity index (χ0) is 15.5. The fraction of sp³-hybridized carbons (Fsp3) is 0.0556. The van der Waals surface area contributed by atoms with E-state index in [1.165, 1.54) is 0 Å². The molecule has 1 aliphatic heterocycles. The zero-order valence-electron chi connectivity index (χ0n) is 11.9. The molecule has 0 unspecified atom stereocenters. The van der Waals surface area contributed by atoms with Gasteiger partial charge in [-0.3, -0.25) is 0 Å². The van der Waals surface area contributed by atoms with Gasteiger partial charge in [0.1, 0.15) is 11.3 Å². The van der Waals surface area contributed by atoms with Gasteiger partial charge in [0, 0.05) is 0 Å². The molecule has 0 aliphatic carbocycles. The lowest BCUT2D eigenvalue weighted by atomic mass is 10.0. The monoisotopic (exact) mass is 294 g/mol. The molecule has 0 fully saturated rings. The average Bonchev–Trinajstić information content (AvgIpc) is 2.82. The van der Waals surface area contributed by atoms with Crippen molar-refractivity contribution in [1.82, 2.24) is 0 Å². The maximum Gasteiger partial charge on any atom is 0.348 e. The van der Waals surface area contributed by atoms with E-state index in [0.29, 0.717) is 11.3 Å². The van der Waals surface area contributed by atoms with Gasteiger partial charge in [0.2, 0.25) is 0 Å². The predicted molar refractivity (Wildman–Crippen MR) is 83.1 cm³/mol. The molecule has 4 heteroatoms. The van der Waals surface area contributed by atoms with Crippen molar-refractivity contribution in [2.45, 2.75) is 0 Å². The fourth-order valence-electron chi connectivity index (χ4n) is 2.25. The number of benzene rings is 2. The molecule has 0 amide bonds. The Labute approximate surface area is 127 Å². The first-order chi connectivity index (χ1) is 10.7. The highest BCUT2D eigenvalue weighted by molar-refractivity contribution is 6.21. The minimum Gasteiger partial charge on any atom is -0.504 e. The predicted octanol–water partition coefficient (Wildman–Crippen LogP) is 3.56. The summed E-state index contributed by atoms with van der Waals surface area (Å²) in [6.45, 7) is 0. The van der Waals surface area contributed by atoms with Gasteiger partial charge in [-0.25, -0.2) is 4.79 Å². The summed E-state index contributed by atoms with van der Waals surface area (Å²) in [5, 5.41) is 10.3. The van der Waals surface area contributed by atoms with Crippen LogP contribution in [-0.2, 0) is 9.53 Å². The highest BCUT2D eigenvalue weighted by Gasteiger charge is 2.31. The molecule has 0 aromatic heterocycles. The topological polar surface area (TPSA) is 55.8 Å². The van der Waals surface area contributed by atoms with Crippen molar-refractivity contribution in [3.63, 3.8) is 0 Å². The first kappa shape index (κ1) is 13.9. The molecule has 1 heterocycles. The number of aliphatic hydroxyl groups is 1. The van der Waals surface area contributed by atoms with Crippen LogP contribution in [0.15, 0.2) is 66.1 Å². The molecule has 110 valence electrons. The molecule has 0 saturated carbocycles. The summed E-state index contributed by atoms with van der Waals surface area (Å²) in [6.07, 6.45) is 1.63. The van der Waals surface area contributed by atoms with Gasteiger partial charge in [-0.05, 0) is 29.3 Å². The van der Waals surface area contributed by atoms with E-state index in [1.54, 1.807) is 37.5 Å². The maximum atomic E-state index is 12.1. The quantitative estimate of drug-likeness (QED) is 0.879. The van der Waals surface area contributed by atoms with Crippen LogP contribution in [-0.4, -0.2) is 18.2 Å². The summed E-state index contributed by atoms with van der Waals surface area (Å²) >= 11 is 0. The Morgan fingerprint density at radius 2 is 1.86 bits per heavy atom. The lowest BCUT2D eigenvalue weighted by molar-refractivity contribution is -0.131. The molecule has 0 saturated heterocycles. The maximum absolute atomic E-state index is 12.1. The number of ether oxygens (including phenoxy) is 2. The van der Waals surface area contributed by atoms with Gasteiger partial charge >= 0.3 is 5.97 Å². The molecular weight excluding hydrogens is 280 g/mol. The number of carbonyl (C=O) groups excluding carboxylic acids is 1. The van der Waals surface area contributed by atoms with Crippen molar-refractivity contribution in [2.24, 2.45) is 0 Å². The fourth-order valence-corrected chi connectivity index (χ4v) is 2.25. The Morgan fingerprint density at radius 1 is 1.09 bits per heavy atom. The summed E-state index contributed by atoms with van der Waals surface area (Å²) in [4.78, 5) is 12.1. The van der Waals surface area contributed by atoms with E-state index >= 15 is 0 Å². The van der Waals surface area contributed by atoms with Crippen LogP contribution in [0, 0.1) is 0 Å². The molecule has 0 spiro atoms. The lowest BCUT2D eigenvalue weighted by Gasteiger charge is -2.03. The van der Waals surface area contributed by atoms with Crippen LogP contribution in [0.25, 0.3) is 11.6 Å². The van der Waals surface area contributed by atoms with Gasteiger partial charge in [0.25, 0.3) is 0 Å². The van der Waals surface area contributed by atoms with Gasteiger partial charge in [-0.2, -0.15) is 0 Å². The standard InChI is InChI=1S/C18H14O4/c1-21-14-9-5-8-13(11-14)16-17(19)15(22-18(16)20)10-12-6-3-2-4-7-12/h2-11,19H,1H3/b15-10-. The second-order valence-electron chi connectivity index (χ2n) is 4.76. The molecular formula is C18H14O4. The zero-order valence-corrected chi connectivity index (χ0v) is 11.9. The van der Waals surface area contributed by atoms with Crippen molar-refractivity contribution in [3.05, 3.63) is 77.2 Å². The van der Waals surface area contributed by atoms with Crippen LogP contribution in [0.1, 0.15) is 11.1 Å². The van der Waals surface area contributed by atoms with E-state index in [-0.39, 0.29) is 17.1 Å². The molecule has 0 bridgehead atoms. The van der Waals surface area contributed by atoms with Crippen molar-refractivity contribution in [2.75, 3.05) is 7.11 Å². The van der Waals surface area contributed by atoms with Crippen LogP contribution >= 0.6 is 0 Å². The van der Waals surface area contributed by atoms with Crippen molar-refractivity contribution < 1.29 is 19.4 Å². The normalized spacial score (nSPS) is 16.0. The van der Waals surface area contributed by atoms with E-state index in [2.05, 4.69) is 0 Å². The highest BCUT2D eigenvalue weighted by atomic mass is 16.6. The van der Waals surface area contributed by atoms with Gasteiger partial charge in [-0.15, -0.1) is 0 Å². The SMILES string of the molecule is COc1cccc(C2=C(O)/C(=C/c3ccccc3)OC2=O)c1. The van der Waals surface area contributed by atoms with E-state index in [9.17, 15) is 9.90 Å². The summed E-state index contributed by atoms with van der Waals surface area (Å²) in [6, 6.07) is 16.3. The van der Waals surface area contributed by atoms with E-state index in [1.807, 2.05) is 30.3 Å². The van der Waals surface area contributed by atoms with Crippen LogP contribution < -0.4 is 4.74 Å². The third-order valence-corrected chi connectivity index (χ3v) is 3.33. The number of methoxy groups -OCH3 is 1. The minimum absolute atomic E-state index is 0.140. The number of aliphatic hydroxyl groups excluding tert-OH is 1. The molecule has 3 rings (SSSR count). The molecule has 22 heavy (non-hydrogen) atoms. The Balaban J connectivity index is 2.03. The van der Waals surface area contributed by atoms with Crippen LogP contribution in [0.4, 0.5) is 0 Å². The Hall–Kier alpha value is -3.01. The Kier molecular flexibility index (Phi) is 3.66.